The number of nitrogens with one attached hydrogen (secondary N) is 1. The third-order valence-corrected chi connectivity index (χ3v) is 4.75. The number of halogens is 1. The van der Waals surface area contributed by atoms with Gasteiger partial charge in [-0.1, -0.05) is 33.1 Å². The first-order chi connectivity index (χ1) is 9.18. The Labute approximate surface area is 125 Å². The highest BCUT2D eigenvalue weighted by Gasteiger charge is 2.28. The summed E-state index contributed by atoms with van der Waals surface area (Å²) in [6.45, 7) is 6.76. The molecule has 1 fully saturated rings. The quantitative estimate of drug-likeness (QED) is 0.774. The molecule has 2 unspecified atom stereocenters. The lowest BCUT2D eigenvalue weighted by Gasteiger charge is -2.24. The van der Waals surface area contributed by atoms with Crippen LogP contribution in [-0.4, -0.2) is 13.1 Å². The predicted octanol–water partition coefficient (Wildman–Crippen LogP) is 4.95. The highest BCUT2D eigenvalue weighted by Crippen LogP contribution is 2.39. The number of furan rings is 1. The lowest BCUT2D eigenvalue weighted by atomic mass is 9.86. The van der Waals surface area contributed by atoms with Crippen molar-refractivity contribution in [3.63, 3.8) is 0 Å². The maximum absolute atomic E-state index is 5.74. The molecule has 3 heteroatoms. The summed E-state index contributed by atoms with van der Waals surface area (Å²) in [6, 6.07) is 2.03. The lowest BCUT2D eigenvalue weighted by Crippen LogP contribution is -2.29. The van der Waals surface area contributed by atoms with Gasteiger partial charge in [-0.2, -0.15) is 0 Å². The highest BCUT2D eigenvalue weighted by molar-refractivity contribution is 9.10. The Kier molecular flexibility index (Phi) is 5.96. The highest BCUT2D eigenvalue weighted by atomic mass is 79.9. The molecule has 1 saturated carbocycles. The van der Waals surface area contributed by atoms with E-state index in [1.54, 1.807) is 0 Å². The average molecular weight is 328 g/mol. The van der Waals surface area contributed by atoms with E-state index in [-0.39, 0.29) is 0 Å². The van der Waals surface area contributed by atoms with Crippen LogP contribution in [0, 0.1) is 11.8 Å². The zero-order valence-electron chi connectivity index (χ0n) is 12.1. The van der Waals surface area contributed by atoms with E-state index < -0.39 is 0 Å². The molecule has 0 spiro atoms. The Morgan fingerprint density at radius 3 is 2.79 bits per heavy atom. The van der Waals surface area contributed by atoms with Crippen LogP contribution in [0.25, 0.3) is 0 Å². The Morgan fingerprint density at radius 2 is 2.11 bits per heavy atom. The number of hydrogen-bond acceptors (Lipinski definition) is 2. The van der Waals surface area contributed by atoms with Crippen LogP contribution in [0.15, 0.2) is 21.2 Å². The number of hydrogen-bond donors (Lipinski definition) is 1. The second kappa shape index (κ2) is 7.49. The minimum Gasteiger partial charge on any atom is -0.468 e. The van der Waals surface area contributed by atoms with Crippen molar-refractivity contribution in [3.05, 3.63) is 22.6 Å². The van der Waals surface area contributed by atoms with Crippen molar-refractivity contribution in [1.82, 2.24) is 5.32 Å². The maximum atomic E-state index is 5.74. The van der Waals surface area contributed by atoms with E-state index >= 15 is 0 Å². The Bertz CT molecular complexity index is 375. The standard InChI is InChI=1S/C16H26BrNO/c1-12(2)10-18-11-13-6-4-3-5-7-14(13)16-15(17)8-9-19-16/h8-9,12-14,18H,3-7,10-11H2,1-2H3. The fourth-order valence-corrected chi connectivity index (χ4v) is 3.60. The van der Waals surface area contributed by atoms with Crippen molar-refractivity contribution in [2.75, 3.05) is 13.1 Å². The molecule has 108 valence electrons. The molecule has 1 aliphatic rings. The first-order valence-electron chi connectivity index (χ1n) is 7.62. The van der Waals surface area contributed by atoms with Gasteiger partial charge in [-0.3, -0.25) is 0 Å². The van der Waals surface area contributed by atoms with Crippen molar-refractivity contribution in [1.29, 1.82) is 0 Å². The number of rotatable bonds is 5. The normalized spacial score (nSPS) is 24.6. The molecule has 2 nitrogen and oxygen atoms in total. The molecule has 0 amide bonds. The summed E-state index contributed by atoms with van der Waals surface area (Å²) in [7, 11) is 0. The van der Waals surface area contributed by atoms with Gasteiger partial charge in [0, 0.05) is 5.92 Å². The lowest BCUT2D eigenvalue weighted by molar-refractivity contribution is 0.322. The topological polar surface area (TPSA) is 25.2 Å². The first-order valence-corrected chi connectivity index (χ1v) is 8.41. The van der Waals surface area contributed by atoms with Crippen molar-refractivity contribution < 1.29 is 4.42 Å². The summed E-state index contributed by atoms with van der Waals surface area (Å²) >= 11 is 3.63. The Balaban J connectivity index is 2.01. The van der Waals surface area contributed by atoms with E-state index in [0.29, 0.717) is 11.8 Å². The van der Waals surface area contributed by atoms with Gasteiger partial charge in [0.15, 0.2) is 0 Å². The summed E-state index contributed by atoms with van der Waals surface area (Å²) in [4.78, 5) is 0. The molecule has 0 radical (unpaired) electrons. The molecule has 2 rings (SSSR count). The van der Waals surface area contributed by atoms with Gasteiger partial charge in [-0.05, 0) is 59.8 Å². The van der Waals surface area contributed by atoms with Gasteiger partial charge in [0.2, 0.25) is 0 Å². The van der Waals surface area contributed by atoms with E-state index in [4.69, 9.17) is 4.42 Å². The van der Waals surface area contributed by atoms with Crippen LogP contribution in [0.3, 0.4) is 0 Å². The third kappa shape index (κ3) is 4.35. The average Bonchev–Trinajstić information content (AvgIpc) is 2.65. The van der Waals surface area contributed by atoms with Crippen LogP contribution in [0.5, 0.6) is 0 Å². The van der Waals surface area contributed by atoms with Gasteiger partial charge >= 0.3 is 0 Å². The summed E-state index contributed by atoms with van der Waals surface area (Å²) in [6.07, 6.45) is 8.46. The van der Waals surface area contributed by atoms with Gasteiger partial charge in [0.25, 0.3) is 0 Å². The molecule has 1 heterocycles. The summed E-state index contributed by atoms with van der Waals surface area (Å²) in [5.74, 6) is 3.17. The second-order valence-electron chi connectivity index (χ2n) is 6.19. The zero-order valence-corrected chi connectivity index (χ0v) is 13.7. The van der Waals surface area contributed by atoms with Crippen LogP contribution in [0.2, 0.25) is 0 Å². The molecule has 0 aromatic carbocycles. The Morgan fingerprint density at radius 1 is 1.32 bits per heavy atom. The molecule has 0 aliphatic heterocycles. The van der Waals surface area contributed by atoms with Crippen molar-refractivity contribution in [2.45, 2.75) is 51.9 Å². The van der Waals surface area contributed by atoms with Crippen LogP contribution >= 0.6 is 15.9 Å². The molecular formula is C16H26BrNO. The van der Waals surface area contributed by atoms with Crippen LogP contribution in [-0.2, 0) is 0 Å². The molecule has 1 aromatic heterocycles. The summed E-state index contributed by atoms with van der Waals surface area (Å²) in [5, 5.41) is 3.64. The molecule has 0 bridgehead atoms. The van der Waals surface area contributed by atoms with E-state index in [2.05, 4.69) is 35.1 Å². The van der Waals surface area contributed by atoms with Gasteiger partial charge in [-0.25, -0.2) is 0 Å². The van der Waals surface area contributed by atoms with Gasteiger partial charge in [-0.15, -0.1) is 0 Å². The fourth-order valence-electron chi connectivity index (χ4n) is 3.10. The summed E-state index contributed by atoms with van der Waals surface area (Å²) in [5.41, 5.74) is 0. The van der Waals surface area contributed by atoms with E-state index in [1.165, 1.54) is 37.9 Å². The van der Waals surface area contributed by atoms with Crippen molar-refractivity contribution in [3.8, 4) is 0 Å². The van der Waals surface area contributed by atoms with E-state index in [9.17, 15) is 0 Å². The van der Waals surface area contributed by atoms with Crippen molar-refractivity contribution in [2.24, 2.45) is 11.8 Å². The fraction of sp³-hybridized carbons (Fsp3) is 0.750. The third-order valence-electron chi connectivity index (χ3n) is 4.10. The minimum absolute atomic E-state index is 0.575. The second-order valence-corrected chi connectivity index (χ2v) is 7.04. The smallest absolute Gasteiger partial charge is 0.121 e. The first kappa shape index (κ1) is 15.1. The Hall–Kier alpha value is -0.280. The van der Waals surface area contributed by atoms with Gasteiger partial charge in [0.1, 0.15) is 5.76 Å². The van der Waals surface area contributed by atoms with Crippen LogP contribution in [0.4, 0.5) is 0 Å². The monoisotopic (exact) mass is 327 g/mol. The minimum atomic E-state index is 0.575. The van der Waals surface area contributed by atoms with Crippen LogP contribution in [0.1, 0.15) is 57.6 Å². The largest absolute Gasteiger partial charge is 0.468 e. The molecule has 1 aromatic rings. The van der Waals surface area contributed by atoms with E-state index in [1.807, 2.05) is 12.3 Å². The van der Waals surface area contributed by atoms with Gasteiger partial charge < -0.3 is 9.73 Å². The molecule has 0 saturated heterocycles. The van der Waals surface area contributed by atoms with Crippen LogP contribution < -0.4 is 5.32 Å². The summed E-state index contributed by atoms with van der Waals surface area (Å²) < 4.78 is 6.89. The molecule has 2 atom stereocenters. The molecule has 1 N–H and O–H groups in total. The molecule has 1 aliphatic carbocycles. The van der Waals surface area contributed by atoms with Crippen molar-refractivity contribution >= 4 is 15.9 Å². The SMILES string of the molecule is CC(C)CNCC1CCCCCC1c1occc1Br. The van der Waals surface area contributed by atoms with E-state index in [0.717, 1.165) is 23.5 Å². The molecule has 19 heavy (non-hydrogen) atoms. The predicted molar refractivity (Wildman–Crippen MR) is 83.4 cm³/mol. The van der Waals surface area contributed by atoms with Gasteiger partial charge in [0.05, 0.1) is 10.7 Å². The zero-order chi connectivity index (χ0) is 13.7. The molecular weight excluding hydrogens is 302 g/mol. The maximum Gasteiger partial charge on any atom is 0.121 e.